The summed E-state index contributed by atoms with van der Waals surface area (Å²) in [5.41, 5.74) is 0.0711. The number of carboxylic acids is 2. The molecule has 0 aliphatic carbocycles. The van der Waals surface area contributed by atoms with Gasteiger partial charge in [0.05, 0.1) is 35.5 Å². The van der Waals surface area contributed by atoms with Gasteiger partial charge in [-0.25, -0.2) is 9.59 Å². The zero-order chi connectivity index (χ0) is 31.9. The highest BCUT2D eigenvalue weighted by Gasteiger charge is 2.21. The van der Waals surface area contributed by atoms with Gasteiger partial charge in [-0.15, -0.1) is 0 Å². The molecule has 0 radical (unpaired) electrons. The molecule has 0 saturated carbocycles. The number of benzene rings is 4. The Balaban J connectivity index is 1.27. The van der Waals surface area contributed by atoms with Gasteiger partial charge in [-0.2, -0.15) is 0 Å². The van der Waals surface area contributed by atoms with Crippen LogP contribution in [0.4, 0.5) is 11.4 Å². The van der Waals surface area contributed by atoms with E-state index in [9.17, 15) is 34.5 Å². The van der Waals surface area contributed by atoms with Crippen molar-refractivity contribution < 1.29 is 44.0 Å². The number of amides is 2. The van der Waals surface area contributed by atoms with Crippen molar-refractivity contribution in [1.29, 1.82) is 0 Å². The first-order chi connectivity index (χ1) is 20.9. The number of ether oxygens (including phenoxy) is 2. The van der Waals surface area contributed by atoms with Gasteiger partial charge in [0.2, 0.25) is 0 Å². The van der Waals surface area contributed by atoms with E-state index in [0.717, 1.165) is 12.1 Å². The van der Waals surface area contributed by atoms with Gasteiger partial charge in [-0.3, -0.25) is 9.59 Å². The van der Waals surface area contributed by atoms with Gasteiger partial charge in [-0.1, -0.05) is 26.0 Å². The molecule has 11 heteroatoms. The lowest BCUT2D eigenvalue weighted by atomic mass is 9.96. The normalized spacial score (nSPS) is 10.9. The molecule has 0 heterocycles. The average molecular weight is 599 g/mol. The first-order valence-corrected chi connectivity index (χ1v) is 13.4. The Bertz CT molecular complexity index is 1680. The van der Waals surface area contributed by atoms with Crippen molar-refractivity contribution in [2.24, 2.45) is 5.41 Å². The predicted molar refractivity (Wildman–Crippen MR) is 162 cm³/mol. The van der Waals surface area contributed by atoms with Gasteiger partial charge >= 0.3 is 11.9 Å². The third kappa shape index (κ3) is 8.13. The van der Waals surface area contributed by atoms with Crippen LogP contribution in [0.3, 0.4) is 0 Å². The zero-order valence-electron chi connectivity index (χ0n) is 23.9. The minimum atomic E-state index is -1.28. The highest BCUT2D eigenvalue weighted by atomic mass is 16.5. The number of phenols is 1. The van der Waals surface area contributed by atoms with E-state index in [1.165, 1.54) is 18.2 Å². The largest absolute Gasteiger partial charge is 0.508 e. The first kappa shape index (κ1) is 31.1. The summed E-state index contributed by atoms with van der Waals surface area (Å²) in [4.78, 5) is 48.0. The van der Waals surface area contributed by atoms with Crippen molar-refractivity contribution in [1.82, 2.24) is 0 Å². The molecule has 0 atom stereocenters. The minimum absolute atomic E-state index is 0.0594. The molecule has 4 aromatic carbocycles. The fourth-order valence-electron chi connectivity index (χ4n) is 4.04. The summed E-state index contributed by atoms with van der Waals surface area (Å²) in [5, 5.41) is 33.6. The van der Waals surface area contributed by atoms with Gasteiger partial charge in [0.25, 0.3) is 11.8 Å². The Labute approximate surface area is 252 Å². The number of aromatic hydroxyl groups is 1. The van der Waals surface area contributed by atoms with Crippen LogP contribution in [0.15, 0.2) is 91.0 Å². The monoisotopic (exact) mass is 598 g/mol. The molecule has 4 rings (SSSR count). The van der Waals surface area contributed by atoms with Crippen molar-refractivity contribution in [3.63, 3.8) is 0 Å². The summed E-state index contributed by atoms with van der Waals surface area (Å²) >= 11 is 0. The summed E-state index contributed by atoms with van der Waals surface area (Å²) < 4.78 is 11.8. The number of hydrogen-bond acceptors (Lipinski definition) is 7. The van der Waals surface area contributed by atoms with E-state index in [-0.39, 0.29) is 28.0 Å². The molecular formula is C33H30N2O9. The van der Waals surface area contributed by atoms with Crippen LogP contribution in [0.2, 0.25) is 0 Å². The number of carbonyl (C=O) groups is 4. The van der Waals surface area contributed by atoms with E-state index in [2.05, 4.69) is 10.6 Å². The molecule has 44 heavy (non-hydrogen) atoms. The molecule has 0 bridgehead atoms. The van der Waals surface area contributed by atoms with Crippen molar-refractivity contribution in [3.8, 4) is 17.2 Å². The van der Waals surface area contributed by atoms with E-state index in [4.69, 9.17) is 9.47 Å². The Morgan fingerprint density at radius 2 is 1.05 bits per heavy atom. The molecule has 11 nitrogen and oxygen atoms in total. The second-order valence-electron chi connectivity index (χ2n) is 10.6. The molecule has 0 aliphatic rings. The van der Waals surface area contributed by atoms with E-state index in [0.29, 0.717) is 36.1 Å². The first-order valence-electron chi connectivity index (χ1n) is 13.4. The Morgan fingerprint density at radius 1 is 0.614 bits per heavy atom. The Morgan fingerprint density at radius 3 is 1.52 bits per heavy atom. The molecule has 0 saturated heterocycles. The number of hydrogen-bond donors (Lipinski definition) is 5. The highest BCUT2D eigenvalue weighted by Crippen LogP contribution is 2.25. The van der Waals surface area contributed by atoms with Gasteiger partial charge in [-0.05, 0) is 78.9 Å². The molecule has 4 aromatic rings. The van der Waals surface area contributed by atoms with E-state index in [1.54, 1.807) is 60.7 Å². The van der Waals surface area contributed by atoms with Crippen molar-refractivity contribution in [2.45, 2.75) is 13.8 Å². The quantitative estimate of drug-likeness (QED) is 0.136. The van der Waals surface area contributed by atoms with E-state index >= 15 is 0 Å². The van der Waals surface area contributed by atoms with Crippen LogP contribution in [-0.2, 0) is 0 Å². The maximum absolute atomic E-state index is 12.6. The number of anilines is 2. The molecule has 226 valence electrons. The fourth-order valence-corrected chi connectivity index (χ4v) is 4.04. The topological polar surface area (TPSA) is 171 Å². The van der Waals surface area contributed by atoms with E-state index in [1.807, 2.05) is 13.8 Å². The maximum atomic E-state index is 12.6. The van der Waals surface area contributed by atoms with Crippen LogP contribution in [0.5, 0.6) is 17.2 Å². The third-order valence-electron chi connectivity index (χ3n) is 6.36. The predicted octanol–water partition coefficient (Wildman–Crippen LogP) is 5.78. The van der Waals surface area contributed by atoms with Crippen molar-refractivity contribution in [2.75, 3.05) is 23.8 Å². The van der Waals surface area contributed by atoms with Crippen LogP contribution in [0, 0.1) is 5.41 Å². The fraction of sp³-hybridized carbons (Fsp3) is 0.152. The van der Waals surface area contributed by atoms with Crippen molar-refractivity contribution >= 4 is 35.1 Å². The molecule has 0 aliphatic heterocycles. The van der Waals surface area contributed by atoms with Gasteiger partial charge in [0.15, 0.2) is 0 Å². The lowest BCUT2D eigenvalue weighted by Gasteiger charge is -2.25. The number of rotatable bonds is 12. The van der Waals surface area contributed by atoms with Crippen LogP contribution in [-0.4, -0.2) is 52.3 Å². The summed E-state index contributed by atoms with van der Waals surface area (Å²) in [7, 11) is 0. The van der Waals surface area contributed by atoms with Crippen molar-refractivity contribution in [3.05, 3.63) is 113 Å². The standard InChI is InChI=1S/C33H30N2O9/c1-33(2,18-43-23-12-7-20(8-13-23)34-29(37)25-5-3-4-6-26(25)31(39)40)19-44-24-14-9-21(10-15-24)35-30(38)28-17-22(36)11-16-27(28)32(41)42/h3-17,36H,18-19H2,1-2H3,(H,34,37)(H,35,38)(H,39,40)(H,41,42). The summed E-state index contributed by atoms with van der Waals surface area (Å²) in [5.74, 6) is -2.79. The molecule has 5 N–H and O–H groups in total. The second-order valence-corrected chi connectivity index (χ2v) is 10.6. The minimum Gasteiger partial charge on any atom is -0.508 e. The SMILES string of the molecule is CC(C)(COc1ccc(NC(=O)c2ccccc2C(=O)O)cc1)COc1ccc(NC(=O)c2cc(O)ccc2C(=O)O)cc1. The molecule has 0 aromatic heterocycles. The Hall–Kier alpha value is -5.84. The van der Waals surface area contributed by atoms with E-state index < -0.39 is 29.2 Å². The average Bonchev–Trinajstić information content (AvgIpc) is 3.00. The molecule has 2 amide bonds. The molecular weight excluding hydrogens is 568 g/mol. The number of carbonyl (C=O) groups excluding carboxylic acids is 2. The maximum Gasteiger partial charge on any atom is 0.336 e. The number of phenolic OH excluding ortho intramolecular Hbond substituents is 1. The highest BCUT2D eigenvalue weighted by molar-refractivity contribution is 6.11. The van der Waals surface area contributed by atoms with Crippen LogP contribution in [0.25, 0.3) is 0 Å². The van der Waals surface area contributed by atoms with Gasteiger partial charge < -0.3 is 35.4 Å². The molecule has 0 fully saturated rings. The number of aromatic carboxylic acids is 2. The lowest BCUT2D eigenvalue weighted by Crippen LogP contribution is -2.28. The molecule has 0 spiro atoms. The van der Waals surface area contributed by atoms with Gasteiger partial charge in [0.1, 0.15) is 17.2 Å². The number of nitrogens with one attached hydrogen (secondary N) is 2. The van der Waals surface area contributed by atoms with Crippen LogP contribution in [0.1, 0.15) is 55.3 Å². The van der Waals surface area contributed by atoms with Crippen LogP contribution < -0.4 is 20.1 Å². The zero-order valence-corrected chi connectivity index (χ0v) is 23.9. The third-order valence-corrected chi connectivity index (χ3v) is 6.36. The number of carboxylic acid groups (broad SMARTS) is 2. The smallest absolute Gasteiger partial charge is 0.336 e. The van der Waals surface area contributed by atoms with Crippen LogP contribution >= 0.6 is 0 Å². The lowest BCUT2D eigenvalue weighted by molar-refractivity contribution is 0.0683. The molecule has 0 unspecified atom stereocenters. The summed E-state index contributed by atoms with van der Waals surface area (Å²) in [6.07, 6.45) is 0. The Kier molecular flexibility index (Phi) is 9.49. The summed E-state index contributed by atoms with van der Waals surface area (Å²) in [6, 6.07) is 22.7. The van der Waals surface area contributed by atoms with Gasteiger partial charge in [0, 0.05) is 16.8 Å². The summed E-state index contributed by atoms with van der Waals surface area (Å²) in [6.45, 7) is 4.55. The second kappa shape index (κ2) is 13.4.